The summed E-state index contributed by atoms with van der Waals surface area (Å²) >= 11 is 1.06. The lowest BCUT2D eigenvalue weighted by molar-refractivity contribution is -0.138. The predicted octanol–water partition coefficient (Wildman–Crippen LogP) is 4.95. The number of hydrogen-bond donors (Lipinski definition) is 1. The molecule has 176 valence electrons. The van der Waals surface area contributed by atoms with Crippen molar-refractivity contribution < 1.29 is 32.2 Å². The van der Waals surface area contributed by atoms with Crippen molar-refractivity contribution in [1.82, 2.24) is 9.55 Å². The maximum atomic E-state index is 13.3. The van der Waals surface area contributed by atoms with E-state index in [0.29, 0.717) is 40.7 Å². The van der Waals surface area contributed by atoms with Gasteiger partial charge in [0, 0.05) is 30.2 Å². The van der Waals surface area contributed by atoms with Gasteiger partial charge < -0.3 is 19.9 Å². The molecule has 0 unspecified atom stereocenters. The zero-order valence-corrected chi connectivity index (χ0v) is 18.4. The number of primary amides is 1. The lowest BCUT2D eigenvalue weighted by Gasteiger charge is -2.13. The van der Waals surface area contributed by atoms with Gasteiger partial charge in [-0.1, -0.05) is 18.2 Å². The highest BCUT2D eigenvalue weighted by Gasteiger charge is 2.33. The number of benzene rings is 2. The Bertz CT molecular complexity index is 1380. The van der Waals surface area contributed by atoms with Crippen molar-refractivity contribution in [3.63, 3.8) is 0 Å². The van der Waals surface area contributed by atoms with E-state index >= 15 is 0 Å². The molecule has 2 aromatic carbocycles. The number of carbonyl (C=O) groups excluding carboxylic acids is 1. The first-order chi connectivity index (χ1) is 16.3. The molecule has 0 spiro atoms. The number of rotatable bonds is 5. The van der Waals surface area contributed by atoms with Crippen molar-refractivity contribution in [2.75, 3.05) is 13.2 Å². The zero-order valence-electron chi connectivity index (χ0n) is 17.6. The number of halogens is 3. The third kappa shape index (κ3) is 4.14. The smallest absolute Gasteiger partial charge is 0.416 e. The summed E-state index contributed by atoms with van der Waals surface area (Å²) in [5, 5.41) is 0.560. The van der Waals surface area contributed by atoms with Crippen LogP contribution in [0.5, 0.6) is 17.2 Å². The highest BCUT2D eigenvalue weighted by molar-refractivity contribution is 7.16. The van der Waals surface area contributed by atoms with Gasteiger partial charge >= 0.3 is 6.18 Å². The second kappa shape index (κ2) is 8.56. The van der Waals surface area contributed by atoms with Crippen LogP contribution in [0.2, 0.25) is 0 Å². The van der Waals surface area contributed by atoms with E-state index in [9.17, 15) is 18.0 Å². The van der Waals surface area contributed by atoms with Crippen molar-refractivity contribution in [2.45, 2.75) is 19.2 Å². The summed E-state index contributed by atoms with van der Waals surface area (Å²) in [6, 6.07) is 10.3. The van der Waals surface area contributed by atoms with Crippen molar-refractivity contribution in [3.05, 3.63) is 64.8 Å². The second-order valence-corrected chi connectivity index (χ2v) is 8.57. The maximum absolute atomic E-state index is 13.3. The Labute approximate surface area is 195 Å². The van der Waals surface area contributed by atoms with Crippen molar-refractivity contribution in [1.29, 1.82) is 0 Å². The Morgan fingerprint density at radius 2 is 1.88 bits per heavy atom. The lowest BCUT2D eigenvalue weighted by Crippen LogP contribution is -2.13. The predicted molar refractivity (Wildman–Crippen MR) is 119 cm³/mol. The first kappa shape index (κ1) is 22.1. The van der Waals surface area contributed by atoms with E-state index in [4.69, 9.17) is 19.9 Å². The van der Waals surface area contributed by atoms with E-state index < -0.39 is 17.6 Å². The molecule has 3 heterocycles. The van der Waals surface area contributed by atoms with Gasteiger partial charge in [-0.05, 0) is 6.07 Å². The molecule has 34 heavy (non-hydrogen) atoms. The van der Waals surface area contributed by atoms with E-state index in [0.717, 1.165) is 23.8 Å². The van der Waals surface area contributed by atoms with Crippen LogP contribution < -0.4 is 19.9 Å². The van der Waals surface area contributed by atoms with E-state index in [2.05, 4.69) is 4.98 Å². The van der Waals surface area contributed by atoms with Crippen LogP contribution in [0, 0.1) is 0 Å². The molecule has 0 fully saturated rings. The van der Waals surface area contributed by atoms with E-state index in [-0.39, 0.29) is 22.8 Å². The monoisotopic (exact) mass is 489 g/mol. The summed E-state index contributed by atoms with van der Waals surface area (Å²) in [6.45, 7) is 0.689. The second-order valence-electron chi connectivity index (χ2n) is 7.54. The molecule has 5 rings (SSSR count). The van der Waals surface area contributed by atoms with Crippen molar-refractivity contribution in [2.24, 2.45) is 5.73 Å². The van der Waals surface area contributed by atoms with Gasteiger partial charge in [0.15, 0.2) is 11.5 Å². The molecule has 2 N–H and O–H groups in total. The van der Waals surface area contributed by atoms with Crippen LogP contribution in [0.1, 0.15) is 27.2 Å². The average Bonchev–Trinajstić information content (AvgIpc) is 3.33. The SMILES string of the molecule is NC(=O)c1sc(-n2cnc3cc4c(cc32)OCCCO4)cc1OCc1ccccc1C(F)(F)F. The minimum atomic E-state index is -4.52. The number of alkyl halides is 3. The van der Waals surface area contributed by atoms with Crippen LogP contribution in [0.25, 0.3) is 16.0 Å². The summed E-state index contributed by atoms with van der Waals surface area (Å²) in [5.74, 6) is 0.538. The van der Waals surface area contributed by atoms with Gasteiger partial charge in [0.25, 0.3) is 5.91 Å². The Hall–Kier alpha value is -3.73. The van der Waals surface area contributed by atoms with E-state index in [1.165, 1.54) is 18.2 Å². The molecule has 0 saturated heterocycles. The summed E-state index contributed by atoms with van der Waals surface area (Å²) < 4.78 is 58.8. The van der Waals surface area contributed by atoms with Gasteiger partial charge in [-0.25, -0.2) is 4.98 Å². The van der Waals surface area contributed by atoms with Gasteiger partial charge in [0.1, 0.15) is 28.6 Å². The molecule has 4 aromatic rings. The summed E-state index contributed by atoms with van der Waals surface area (Å²) in [7, 11) is 0. The molecule has 11 heteroatoms. The Kier molecular flexibility index (Phi) is 5.56. The molecule has 0 aliphatic carbocycles. The number of hydrogen-bond acceptors (Lipinski definition) is 6. The molecule has 2 aromatic heterocycles. The number of carbonyl (C=O) groups is 1. The number of nitrogens with two attached hydrogens (primary N) is 1. The average molecular weight is 489 g/mol. The molecular weight excluding hydrogens is 471 g/mol. The lowest BCUT2D eigenvalue weighted by atomic mass is 10.1. The first-order valence-corrected chi connectivity index (χ1v) is 11.1. The van der Waals surface area contributed by atoms with E-state index in [1.54, 1.807) is 29.1 Å². The third-order valence-electron chi connectivity index (χ3n) is 5.27. The summed E-state index contributed by atoms with van der Waals surface area (Å²) in [6.07, 6.45) is -2.19. The largest absolute Gasteiger partial charge is 0.489 e. The minimum Gasteiger partial charge on any atom is -0.489 e. The number of amides is 1. The fourth-order valence-corrected chi connectivity index (χ4v) is 4.62. The molecule has 0 bridgehead atoms. The molecular formula is C23H18F3N3O4S. The van der Waals surface area contributed by atoms with Gasteiger partial charge in [0.2, 0.25) is 0 Å². The van der Waals surface area contributed by atoms with Crippen LogP contribution in [0.15, 0.2) is 48.8 Å². The fourth-order valence-electron chi connectivity index (χ4n) is 3.68. The number of ether oxygens (including phenoxy) is 3. The number of fused-ring (bicyclic) bond motifs is 2. The van der Waals surface area contributed by atoms with Crippen LogP contribution in [0.3, 0.4) is 0 Å². The topological polar surface area (TPSA) is 88.6 Å². The first-order valence-electron chi connectivity index (χ1n) is 10.3. The summed E-state index contributed by atoms with van der Waals surface area (Å²) in [4.78, 5) is 16.5. The molecule has 1 amide bonds. The third-order valence-corrected chi connectivity index (χ3v) is 6.40. The number of aromatic nitrogens is 2. The minimum absolute atomic E-state index is 0.0499. The van der Waals surface area contributed by atoms with E-state index in [1.807, 2.05) is 0 Å². The number of nitrogens with zero attached hydrogens (tertiary/aromatic N) is 2. The van der Waals surface area contributed by atoms with Gasteiger partial charge in [-0.2, -0.15) is 13.2 Å². The molecule has 0 radical (unpaired) electrons. The van der Waals surface area contributed by atoms with Crippen LogP contribution >= 0.6 is 11.3 Å². The quantitative estimate of drug-likeness (QED) is 0.429. The highest BCUT2D eigenvalue weighted by Crippen LogP contribution is 2.38. The molecule has 7 nitrogen and oxygen atoms in total. The molecule has 1 aliphatic rings. The maximum Gasteiger partial charge on any atom is 0.416 e. The highest BCUT2D eigenvalue weighted by atomic mass is 32.1. The van der Waals surface area contributed by atoms with Gasteiger partial charge in [0.05, 0.1) is 29.8 Å². The standard InChI is InChI=1S/C23H18F3N3O4S/c24-23(25,26)14-5-2-1-4-13(14)11-33-19-10-20(34-21(19)22(27)30)29-12-28-15-8-17-18(9-16(15)29)32-7-3-6-31-17/h1-2,4-5,8-10,12H,3,6-7,11H2,(H2,27,30). The normalized spacial score (nSPS) is 13.6. The van der Waals surface area contributed by atoms with Gasteiger partial charge in [-0.15, -0.1) is 11.3 Å². The van der Waals surface area contributed by atoms with Crippen LogP contribution in [-0.2, 0) is 12.8 Å². The summed E-state index contributed by atoms with van der Waals surface area (Å²) in [5.41, 5.74) is 6.03. The fraction of sp³-hybridized carbons (Fsp3) is 0.217. The molecule has 0 saturated carbocycles. The Morgan fingerprint density at radius 3 is 2.62 bits per heavy atom. The number of thiophene rings is 1. The van der Waals surface area contributed by atoms with Crippen LogP contribution in [-0.4, -0.2) is 28.7 Å². The van der Waals surface area contributed by atoms with Crippen molar-refractivity contribution >= 4 is 28.3 Å². The van der Waals surface area contributed by atoms with Gasteiger partial charge in [-0.3, -0.25) is 9.36 Å². The Balaban J connectivity index is 1.49. The number of imidazole rings is 1. The van der Waals surface area contributed by atoms with Crippen molar-refractivity contribution in [3.8, 4) is 22.2 Å². The Morgan fingerprint density at radius 1 is 1.15 bits per heavy atom. The van der Waals surface area contributed by atoms with Crippen LogP contribution in [0.4, 0.5) is 13.2 Å². The molecule has 0 atom stereocenters. The molecule has 1 aliphatic heterocycles. The zero-order chi connectivity index (χ0) is 23.9.